The van der Waals surface area contributed by atoms with Crippen LogP contribution in [0.15, 0.2) is 23.1 Å². The van der Waals surface area contributed by atoms with Crippen molar-refractivity contribution >= 4 is 15.7 Å². The summed E-state index contributed by atoms with van der Waals surface area (Å²) in [7, 11) is -4.32. The van der Waals surface area contributed by atoms with E-state index in [-0.39, 0.29) is 16.5 Å². The molecule has 0 heterocycles. The van der Waals surface area contributed by atoms with Crippen LogP contribution in [0.5, 0.6) is 0 Å². The van der Waals surface area contributed by atoms with E-state index in [0.717, 1.165) is 12.5 Å². The van der Waals surface area contributed by atoms with Gasteiger partial charge >= 0.3 is 6.18 Å². The van der Waals surface area contributed by atoms with E-state index in [4.69, 9.17) is 5.26 Å². The molecule has 22 heavy (non-hydrogen) atoms. The van der Waals surface area contributed by atoms with Gasteiger partial charge in [0.15, 0.2) is 0 Å². The van der Waals surface area contributed by atoms with E-state index in [1.807, 2.05) is 13.0 Å². The van der Waals surface area contributed by atoms with Gasteiger partial charge in [-0.2, -0.15) is 18.4 Å². The molecule has 0 aliphatic heterocycles. The first-order chi connectivity index (χ1) is 10.1. The van der Waals surface area contributed by atoms with E-state index in [1.54, 1.807) is 0 Å². The molecule has 0 unspecified atom stereocenters. The number of nitrogens with zero attached hydrogens (tertiary/aromatic N) is 1. The normalized spacial score (nSPS) is 21.2. The smallest absolute Gasteiger partial charge is 0.381 e. The third-order valence-electron chi connectivity index (χ3n) is 3.33. The Bertz CT molecular complexity index is 710. The maximum atomic E-state index is 12.1. The van der Waals surface area contributed by atoms with Crippen LogP contribution in [-0.2, 0) is 10.0 Å². The molecule has 0 saturated heterocycles. The molecule has 1 fully saturated rings. The Hall–Kier alpha value is -1.79. The molecule has 1 saturated carbocycles. The molecule has 1 aliphatic rings. The second-order valence-corrected chi connectivity index (χ2v) is 6.99. The molecule has 2 N–H and O–H groups in total. The fraction of sp³-hybridized carbons (Fsp3) is 0.462. The monoisotopic (exact) mass is 333 g/mol. The second-order valence-electron chi connectivity index (χ2n) is 5.22. The van der Waals surface area contributed by atoms with Crippen LogP contribution in [0.4, 0.5) is 18.9 Å². The van der Waals surface area contributed by atoms with Gasteiger partial charge in [-0.3, -0.25) is 0 Å². The predicted molar refractivity (Wildman–Crippen MR) is 73.6 cm³/mol. The van der Waals surface area contributed by atoms with E-state index >= 15 is 0 Å². The lowest BCUT2D eigenvalue weighted by Crippen LogP contribution is -2.33. The van der Waals surface area contributed by atoms with Crippen molar-refractivity contribution in [2.75, 3.05) is 11.9 Å². The molecule has 1 aromatic rings. The molecule has 2 rings (SSSR count). The summed E-state index contributed by atoms with van der Waals surface area (Å²) in [5.74, 6) is 0.475. The summed E-state index contributed by atoms with van der Waals surface area (Å²) in [5, 5.41) is 12.2. The van der Waals surface area contributed by atoms with Gasteiger partial charge in [-0.15, -0.1) is 0 Å². The molecule has 5 nitrogen and oxygen atoms in total. The summed E-state index contributed by atoms with van der Waals surface area (Å²) in [4.78, 5) is -0.373. The number of alkyl halides is 3. The van der Waals surface area contributed by atoms with Gasteiger partial charge < -0.3 is 5.32 Å². The first-order valence-corrected chi connectivity index (χ1v) is 7.98. The van der Waals surface area contributed by atoms with E-state index in [0.29, 0.717) is 11.6 Å². The van der Waals surface area contributed by atoms with Gasteiger partial charge in [-0.1, -0.05) is 6.92 Å². The van der Waals surface area contributed by atoms with E-state index in [2.05, 4.69) is 5.32 Å². The predicted octanol–water partition coefficient (Wildman–Crippen LogP) is 2.22. The summed E-state index contributed by atoms with van der Waals surface area (Å²) in [5.41, 5.74) is 0.556. The number of nitriles is 1. The molecule has 9 heteroatoms. The summed E-state index contributed by atoms with van der Waals surface area (Å²) in [6, 6.07) is 5.72. The van der Waals surface area contributed by atoms with Crippen molar-refractivity contribution in [1.29, 1.82) is 5.26 Å². The Morgan fingerprint density at radius 3 is 2.55 bits per heavy atom. The van der Waals surface area contributed by atoms with Crippen LogP contribution in [-0.4, -0.2) is 27.2 Å². The lowest BCUT2D eigenvalue weighted by molar-refractivity contribution is -0.121. The average Bonchev–Trinajstić information content (AvgIpc) is 3.11. The molecule has 1 aromatic carbocycles. The molecule has 0 spiro atoms. The molecule has 1 aliphatic carbocycles. The lowest BCUT2D eigenvalue weighted by Gasteiger charge is -2.12. The lowest BCUT2D eigenvalue weighted by atomic mass is 10.2. The maximum absolute atomic E-state index is 12.1. The van der Waals surface area contributed by atoms with Crippen LogP contribution in [0.3, 0.4) is 0 Å². The summed E-state index contributed by atoms with van der Waals surface area (Å²) in [6.45, 7) is 0.375. The van der Waals surface area contributed by atoms with Crippen molar-refractivity contribution in [1.82, 2.24) is 4.72 Å². The molecule has 2 atom stereocenters. The van der Waals surface area contributed by atoms with Gasteiger partial charge in [0.05, 0.1) is 16.1 Å². The Kier molecular flexibility index (Phi) is 4.35. The molecule has 0 aromatic heterocycles. The summed E-state index contributed by atoms with van der Waals surface area (Å²) < 4.78 is 61.4. The van der Waals surface area contributed by atoms with Gasteiger partial charge in [0, 0.05) is 6.04 Å². The topological polar surface area (TPSA) is 82.0 Å². The summed E-state index contributed by atoms with van der Waals surface area (Å²) >= 11 is 0. The van der Waals surface area contributed by atoms with E-state index in [9.17, 15) is 21.6 Å². The van der Waals surface area contributed by atoms with Gasteiger partial charge in [-0.05, 0) is 30.5 Å². The zero-order chi connectivity index (χ0) is 16.5. The Balaban J connectivity index is 2.20. The number of hydrogen-bond acceptors (Lipinski definition) is 4. The zero-order valence-corrected chi connectivity index (χ0v) is 12.4. The second kappa shape index (κ2) is 5.78. The number of hydrogen-bond donors (Lipinski definition) is 2. The number of anilines is 1. The third-order valence-corrected chi connectivity index (χ3v) is 4.73. The number of rotatable bonds is 5. The molecule has 0 radical (unpaired) electrons. The van der Waals surface area contributed by atoms with Crippen molar-refractivity contribution in [3.63, 3.8) is 0 Å². The average molecular weight is 333 g/mol. The molecule has 0 amide bonds. The highest BCUT2D eigenvalue weighted by molar-refractivity contribution is 7.89. The summed E-state index contributed by atoms with van der Waals surface area (Å²) in [6.07, 6.45) is -3.69. The minimum atomic E-state index is -4.64. The highest BCUT2D eigenvalue weighted by Gasteiger charge is 2.33. The number of sulfonamides is 1. The van der Waals surface area contributed by atoms with Crippen LogP contribution < -0.4 is 10.0 Å². The minimum absolute atomic E-state index is 0.0778. The molecule has 0 bridgehead atoms. The van der Waals surface area contributed by atoms with Crippen LogP contribution in [0.1, 0.15) is 18.9 Å². The van der Waals surface area contributed by atoms with Gasteiger partial charge in [0.1, 0.15) is 12.6 Å². The van der Waals surface area contributed by atoms with Crippen LogP contribution in [0, 0.1) is 17.2 Å². The highest BCUT2D eigenvalue weighted by Crippen LogP contribution is 2.34. The Morgan fingerprint density at radius 2 is 2.05 bits per heavy atom. The standard InChI is InChI=1S/C13H14F3N3O2S/c1-8-4-12(8)19-11-3-2-10(5-9(11)6-17)22(20,21)18-7-13(14,15)16/h2-3,5,8,12,18-19H,4,7H2,1H3/t8-,12-/m0/s1. The quantitative estimate of drug-likeness (QED) is 0.866. The van der Waals surface area contributed by atoms with Crippen molar-refractivity contribution in [3.8, 4) is 6.07 Å². The van der Waals surface area contributed by atoms with Crippen LogP contribution >= 0.6 is 0 Å². The van der Waals surface area contributed by atoms with Gasteiger partial charge in [-0.25, -0.2) is 13.1 Å². The van der Waals surface area contributed by atoms with E-state index < -0.39 is 22.7 Å². The van der Waals surface area contributed by atoms with Crippen molar-refractivity contribution < 1.29 is 21.6 Å². The third kappa shape index (κ3) is 4.11. The Labute approximate surface area is 126 Å². The molecule has 120 valence electrons. The van der Waals surface area contributed by atoms with Crippen molar-refractivity contribution in [2.24, 2.45) is 5.92 Å². The van der Waals surface area contributed by atoms with Crippen LogP contribution in [0.2, 0.25) is 0 Å². The van der Waals surface area contributed by atoms with Gasteiger partial charge in [0.2, 0.25) is 10.0 Å². The fourth-order valence-corrected chi connectivity index (χ4v) is 2.93. The Morgan fingerprint density at radius 1 is 1.41 bits per heavy atom. The zero-order valence-electron chi connectivity index (χ0n) is 11.6. The highest BCUT2D eigenvalue weighted by atomic mass is 32.2. The van der Waals surface area contributed by atoms with E-state index in [1.165, 1.54) is 16.9 Å². The van der Waals surface area contributed by atoms with Gasteiger partial charge in [0.25, 0.3) is 0 Å². The first-order valence-electron chi connectivity index (χ1n) is 6.49. The largest absolute Gasteiger partial charge is 0.402 e. The molecular formula is C13H14F3N3O2S. The SMILES string of the molecule is C[C@H]1C[C@@H]1Nc1ccc(S(=O)(=O)NCC(F)(F)F)cc1C#N. The number of benzene rings is 1. The number of nitrogens with one attached hydrogen (secondary N) is 2. The van der Waals surface area contributed by atoms with Crippen molar-refractivity contribution in [2.45, 2.75) is 30.5 Å². The minimum Gasteiger partial charge on any atom is -0.381 e. The maximum Gasteiger partial charge on any atom is 0.402 e. The first kappa shape index (κ1) is 16.6. The fourth-order valence-electron chi connectivity index (χ4n) is 1.89. The molecular weight excluding hydrogens is 319 g/mol. The van der Waals surface area contributed by atoms with Crippen molar-refractivity contribution in [3.05, 3.63) is 23.8 Å². The number of halogens is 3. The van der Waals surface area contributed by atoms with Crippen LogP contribution in [0.25, 0.3) is 0 Å².